The van der Waals surface area contributed by atoms with E-state index in [0.717, 1.165) is 0 Å². The Bertz CT molecular complexity index is 1130. The number of hydrogen-bond acceptors (Lipinski definition) is 11. The Labute approximate surface area is 211 Å². The number of hydrogen-bond donors (Lipinski definition) is 5. The van der Waals surface area contributed by atoms with Crippen LogP contribution < -0.4 is 10.6 Å². The van der Waals surface area contributed by atoms with Gasteiger partial charge in [-0.1, -0.05) is 6.07 Å². The van der Waals surface area contributed by atoms with Gasteiger partial charge in [-0.05, 0) is 44.0 Å². The smallest absolute Gasteiger partial charge is 0.350 e. The molecule has 1 aliphatic rings. The van der Waals surface area contributed by atoms with E-state index in [0.29, 0.717) is 5.56 Å². The highest BCUT2D eigenvalue weighted by Gasteiger charge is 2.40. The standard InChI is InChI=1S/C24H28N4O9/c1-12-20(31)15(9-14-5-3-7-25-10-14)27-21(32)18(28-22(33)19-16(30)6-4-8-26-19)13(2)36-24(35)17(11-29)37-23(12)34/h3-8,10,12-13,15,17-18,20,29-31H,9,11H2,1-2H3,(H,27,32)(H,28,33)/t12-,13-,15+,17-,18+,20+/m1/s1. The number of aromatic nitrogens is 2. The fraction of sp³-hybridized carbons (Fsp3) is 0.417. The summed E-state index contributed by atoms with van der Waals surface area (Å²) in [5, 5.41) is 35.5. The number of carbonyl (C=O) groups is 4. The second kappa shape index (κ2) is 12.2. The van der Waals surface area contributed by atoms with E-state index in [1.165, 1.54) is 38.4 Å². The van der Waals surface area contributed by atoms with Crippen molar-refractivity contribution in [2.75, 3.05) is 6.61 Å². The molecule has 0 spiro atoms. The summed E-state index contributed by atoms with van der Waals surface area (Å²) in [7, 11) is 0. The molecule has 0 aliphatic carbocycles. The van der Waals surface area contributed by atoms with Crippen LogP contribution in [0, 0.1) is 5.92 Å². The number of aliphatic hydroxyl groups excluding tert-OH is 2. The summed E-state index contributed by atoms with van der Waals surface area (Å²) in [6, 6.07) is 3.42. The maximum atomic E-state index is 13.4. The third-order valence-electron chi connectivity index (χ3n) is 5.83. The van der Waals surface area contributed by atoms with Crippen molar-refractivity contribution in [2.45, 2.75) is 50.7 Å². The van der Waals surface area contributed by atoms with Crippen LogP contribution in [0.2, 0.25) is 0 Å². The molecule has 0 radical (unpaired) electrons. The van der Waals surface area contributed by atoms with Crippen LogP contribution in [0.1, 0.15) is 29.9 Å². The second-order valence-corrected chi connectivity index (χ2v) is 8.53. The highest BCUT2D eigenvalue weighted by Crippen LogP contribution is 2.18. The minimum absolute atomic E-state index is 0.0532. The number of pyridine rings is 2. The number of cyclic esters (lactones) is 2. The van der Waals surface area contributed by atoms with Crippen LogP contribution in [-0.4, -0.2) is 86.0 Å². The minimum Gasteiger partial charge on any atom is -0.505 e. The van der Waals surface area contributed by atoms with Crippen molar-refractivity contribution < 1.29 is 44.0 Å². The largest absolute Gasteiger partial charge is 0.505 e. The van der Waals surface area contributed by atoms with Gasteiger partial charge in [0.1, 0.15) is 17.9 Å². The van der Waals surface area contributed by atoms with E-state index in [1.807, 2.05) is 0 Å². The average Bonchev–Trinajstić information content (AvgIpc) is 2.88. The summed E-state index contributed by atoms with van der Waals surface area (Å²) in [6.07, 6.45) is -0.157. The van der Waals surface area contributed by atoms with E-state index < -0.39 is 72.4 Å². The molecule has 0 bridgehead atoms. The topological polar surface area (TPSA) is 197 Å². The molecule has 1 aliphatic heterocycles. The van der Waals surface area contributed by atoms with Gasteiger partial charge in [-0.2, -0.15) is 0 Å². The Morgan fingerprint density at radius 3 is 2.49 bits per heavy atom. The summed E-state index contributed by atoms with van der Waals surface area (Å²) in [5.41, 5.74) is 0.258. The number of nitrogens with zero attached hydrogens (tertiary/aromatic N) is 2. The Hall–Kier alpha value is -4.10. The van der Waals surface area contributed by atoms with Crippen LogP contribution in [0.25, 0.3) is 0 Å². The first kappa shape index (κ1) is 27.5. The van der Waals surface area contributed by atoms with Crippen LogP contribution in [0.5, 0.6) is 5.75 Å². The van der Waals surface area contributed by atoms with Gasteiger partial charge in [-0.15, -0.1) is 0 Å². The highest BCUT2D eigenvalue weighted by molar-refractivity contribution is 5.98. The van der Waals surface area contributed by atoms with Crippen LogP contribution in [0.15, 0.2) is 42.9 Å². The molecule has 3 rings (SSSR count). The third kappa shape index (κ3) is 6.77. The third-order valence-corrected chi connectivity index (χ3v) is 5.83. The van der Waals surface area contributed by atoms with E-state index >= 15 is 0 Å². The van der Waals surface area contributed by atoms with Gasteiger partial charge in [-0.25, -0.2) is 9.78 Å². The van der Waals surface area contributed by atoms with Crippen molar-refractivity contribution >= 4 is 23.8 Å². The molecule has 0 saturated carbocycles. The van der Waals surface area contributed by atoms with E-state index in [9.17, 15) is 34.5 Å². The molecule has 0 aromatic carbocycles. The molecule has 2 aromatic rings. The average molecular weight is 517 g/mol. The zero-order valence-electron chi connectivity index (χ0n) is 20.1. The highest BCUT2D eigenvalue weighted by atomic mass is 16.6. The number of aromatic hydroxyl groups is 1. The molecule has 6 atom stereocenters. The predicted octanol–water partition coefficient (Wildman–Crippen LogP) is -1.15. The minimum atomic E-state index is -1.72. The van der Waals surface area contributed by atoms with Gasteiger partial charge < -0.3 is 35.4 Å². The second-order valence-electron chi connectivity index (χ2n) is 8.53. The van der Waals surface area contributed by atoms with Crippen LogP contribution in [-0.2, 0) is 30.3 Å². The quantitative estimate of drug-likeness (QED) is 0.301. The lowest BCUT2D eigenvalue weighted by Crippen LogP contribution is -2.59. The van der Waals surface area contributed by atoms with E-state index in [2.05, 4.69) is 20.6 Å². The number of nitrogens with one attached hydrogen (secondary N) is 2. The summed E-state index contributed by atoms with van der Waals surface area (Å²) in [6.45, 7) is 1.73. The molecule has 2 amide bonds. The van der Waals surface area contributed by atoms with Crippen LogP contribution in [0.3, 0.4) is 0 Å². The lowest BCUT2D eigenvalue weighted by atomic mass is 9.92. The zero-order chi connectivity index (χ0) is 27.1. The maximum Gasteiger partial charge on any atom is 0.350 e. The van der Waals surface area contributed by atoms with Gasteiger partial charge in [0, 0.05) is 18.6 Å². The Morgan fingerprint density at radius 1 is 1.11 bits per heavy atom. The predicted molar refractivity (Wildman–Crippen MR) is 125 cm³/mol. The number of rotatable bonds is 5. The van der Waals surface area contributed by atoms with Crippen LogP contribution >= 0.6 is 0 Å². The number of ether oxygens (including phenoxy) is 2. The molecule has 198 valence electrons. The first-order valence-corrected chi connectivity index (χ1v) is 11.5. The van der Waals surface area contributed by atoms with Crippen molar-refractivity contribution in [3.05, 3.63) is 54.1 Å². The summed E-state index contributed by atoms with van der Waals surface area (Å²) in [4.78, 5) is 59.2. The normalized spacial score (nSPS) is 27.1. The van der Waals surface area contributed by atoms with Crippen LogP contribution in [0.4, 0.5) is 0 Å². The van der Waals surface area contributed by atoms with Gasteiger partial charge in [0.05, 0.1) is 24.7 Å². The van der Waals surface area contributed by atoms with Crippen molar-refractivity contribution in [3.63, 3.8) is 0 Å². The van der Waals surface area contributed by atoms with Gasteiger partial charge >= 0.3 is 11.9 Å². The number of esters is 2. The molecule has 37 heavy (non-hydrogen) atoms. The summed E-state index contributed by atoms with van der Waals surface area (Å²) >= 11 is 0. The van der Waals surface area contributed by atoms with Crippen molar-refractivity contribution in [1.82, 2.24) is 20.6 Å². The Morgan fingerprint density at radius 2 is 1.84 bits per heavy atom. The molecule has 1 fully saturated rings. The van der Waals surface area contributed by atoms with Gasteiger partial charge in [0.2, 0.25) is 12.0 Å². The molecule has 1 saturated heterocycles. The molecule has 5 N–H and O–H groups in total. The van der Waals surface area contributed by atoms with E-state index in [-0.39, 0.29) is 12.1 Å². The van der Waals surface area contributed by atoms with Gasteiger partial charge in [-0.3, -0.25) is 19.4 Å². The first-order valence-electron chi connectivity index (χ1n) is 11.5. The van der Waals surface area contributed by atoms with E-state index in [1.54, 1.807) is 18.3 Å². The fourth-order valence-electron chi connectivity index (χ4n) is 3.70. The first-order chi connectivity index (χ1) is 17.6. The number of amides is 2. The van der Waals surface area contributed by atoms with Crippen molar-refractivity contribution in [1.29, 1.82) is 0 Å². The van der Waals surface area contributed by atoms with E-state index in [4.69, 9.17) is 9.47 Å². The lowest BCUT2D eigenvalue weighted by Gasteiger charge is -2.32. The summed E-state index contributed by atoms with van der Waals surface area (Å²) < 4.78 is 10.3. The Balaban J connectivity index is 1.97. The summed E-state index contributed by atoms with van der Waals surface area (Å²) in [5.74, 6) is -5.60. The monoisotopic (exact) mass is 516 g/mol. The molecule has 0 unspecified atom stereocenters. The molecular weight excluding hydrogens is 488 g/mol. The molecule has 13 heteroatoms. The Kier molecular flexibility index (Phi) is 9.09. The molecule has 13 nitrogen and oxygen atoms in total. The SMILES string of the molecule is C[C@H]1OC(=O)[C@@H](CO)OC(=O)[C@H](C)[C@H](O)[C@H](Cc2cccnc2)NC(=O)[C@H]1NC(=O)c1ncccc1O. The zero-order valence-corrected chi connectivity index (χ0v) is 20.1. The maximum absolute atomic E-state index is 13.4. The number of aliphatic hydroxyl groups is 2. The number of carbonyl (C=O) groups excluding carboxylic acids is 4. The molecule has 2 aromatic heterocycles. The lowest BCUT2D eigenvalue weighted by molar-refractivity contribution is -0.179. The van der Waals surface area contributed by atoms with Gasteiger partial charge in [0.15, 0.2) is 5.69 Å². The fourth-order valence-corrected chi connectivity index (χ4v) is 3.70. The van der Waals surface area contributed by atoms with Crippen molar-refractivity contribution in [3.8, 4) is 5.75 Å². The molecular formula is C24H28N4O9. The van der Waals surface area contributed by atoms with Crippen molar-refractivity contribution in [2.24, 2.45) is 5.92 Å². The molecule has 3 heterocycles. The van der Waals surface area contributed by atoms with Gasteiger partial charge in [0.25, 0.3) is 5.91 Å².